The smallest absolute Gasteiger partial charge is 0.242 e. The van der Waals surface area contributed by atoms with E-state index in [1.54, 1.807) is 11.0 Å². The summed E-state index contributed by atoms with van der Waals surface area (Å²) in [7, 11) is 1.82. The summed E-state index contributed by atoms with van der Waals surface area (Å²) in [5.41, 5.74) is 2.97. The molecule has 0 fully saturated rings. The molecule has 0 saturated heterocycles. The largest absolute Gasteiger partial charge is 0.314 e. The van der Waals surface area contributed by atoms with Gasteiger partial charge in [0.15, 0.2) is 5.78 Å². The number of para-hydroxylation sites is 1. The first-order chi connectivity index (χ1) is 12.0. The minimum Gasteiger partial charge on any atom is -0.314 e. The highest BCUT2D eigenvalue weighted by Crippen LogP contribution is 2.56. The highest BCUT2D eigenvalue weighted by molar-refractivity contribution is 9.10. The lowest BCUT2D eigenvalue weighted by molar-refractivity contribution is -0.123. The van der Waals surface area contributed by atoms with Crippen LogP contribution in [0.25, 0.3) is 0 Å². The minimum atomic E-state index is -0.799. The van der Waals surface area contributed by atoms with Crippen LogP contribution in [0.5, 0.6) is 0 Å². The zero-order valence-electron chi connectivity index (χ0n) is 14.1. The number of allylic oxidation sites excluding steroid dienone is 1. The molecule has 1 spiro atoms. The summed E-state index contributed by atoms with van der Waals surface area (Å²) in [6, 6.07) is 15.9. The quantitative estimate of drug-likeness (QED) is 0.718. The topological polar surface area (TPSA) is 37.4 Å². The second-order valence-corrected chi connectivity index (χ2v) is 7.71. The van der Waals surface area contributed by atoms with Gasteiger partial charge in [-0.2, -0.15) is 0 Å². The van der Waals surface area contributed by atoms with Gasteiger partial charge >= 0.3 is 0 Å². The Hall–Kier alpha value is -2.20. The lowest BCUT2D eigenvalue weighted by Crippen LogP contribution is -2.47. The molecule has 1 aliphatic heterocycles. The van der Waals surface area contributed by atoms with Crippen LogP contribution in [0, 0.1) is 0 Å². The monoisotopic (exact) mass is 395 g/mol. The Bertz CT molecular complexity index is 916. The van der Waals surface area contributed by atoms with E-state index in [1.165, 1.54) is 0 Å². The van der Waals surface area contributed by atoms with Crippen molar-refractivity contribution in [3.63, 3.8) is 0 Å². The zero-order valence-corrected chi connectivity index (χ0v) is 15.7. The van der Waals surface area contributed by atoms with Gasteiger partial charge in [-0.15, -0.1) is 0 Å². The van der Waals surface area contributed by atoms with Gasteiger partial charge in [0.1, 0.15) is 5.41 Å². The molecule has 4 heteroatoms. The highest BCUT2D eigenvalue weighted by Gasteiger charge is 2.57. The van der Waals surface area contributed by atoms with E-state index in [4.69, 9.17) is 0 Å². The summed E-state index contributed by atoms with van der Waals surface area (Å²) in [6.07, 6.45) is 2.00. The molecule has 0 saturated carbocycles. The number of halogens is 1. The van der Waals surface area contributed by atoms with Gasteiger partial charge < -0.3 is 4.90 Å². The zero-order chi connectivity index (χ0) is 17.8. The average molecular weight is 396 g/mol. The molecule has 3 nitrogen and oxygen atoms in total. The number of carbonyl (C=O) groups is 2. The van der Waals surface area contributed by atoms with Gasteiger partial charge in [0.25, 0.3) is 0 Å². The maximum atomic E-state index is 13.5. The fourth-order valence-electron chi connectivity index (χ4n) is 4.41. The van der Waals surface area contributed by atoms with Gasteiger partial charge in [0.05, 0.1) is 0 Å². The van der Waals surface area contributed by atoms with Crippen LogP contribution in [0.4, 0.5) is 5.69 Å². The van der Waals surface area contributed by atoms with E-state index in [2.05, 4.69) is 15.9 Å². The number of nitrogens with zero attached hydrogens (tertiary/aromatic N) is 1. The Morgan fingerprint density at radius 1 is 1.08 bits per heavy atom. The number of hydrogen-bond acceptors (Lipinski definition) is 2. The van der Waals surface area contributed by atoms with E-state index in [1.807, 2.05) is 62.5 Å². The number of carbonyl (C=O) groups excluding carboxylic acids is 2. The lowest BCUT2D eigenvalue weighted by atomic mass is 9.60. The molecule has 0 radical (unpaired) electrons. The molecule has 2 aliphatic rings. The second-order valence-electron chi connectivity index (χ2n) is 6.79. The van der Waals surface area contributed by atoms with Crippen molar-refractivity contribution in [2.75, 3.05) is 11.9 Å². The fraction of sp³-hybridized carbons (Fsp3) is 0.238. The van der Waals surface area contributed by atoms with Crippen LogP contribution in [0.3, 0.4) is 0 Å². The summed E-state index contributed by atoms with van der Waals surface area (Å²) in [4.78, 5) is 27.6. The number of ketones is 1. The third-order valence-electron chi connectivity index (χ3n) is 5.53. The van der Waals surface area contributed by atoms with Crippen LogP contribution in [-0.2, 0) is 15.0 Å². The highest BCUT2D eigenvalue weighted by atomic mass is 79.9. The van der Waals surface area contributed by atoms with Crippen LogP contribution in [-0.4, -0.2) is 18.7 Å². The van der Waals surface area contributed by atoms with Gasteiger partial charge in [0, 0.05) is 29.5 Å². The summed E-state index contributed by atoms with van der Waals surface area (Å²) in [5, 5.41) is 0. The molecule has 1 heterocycles. The Morgan fingerprint density at radius 3 is 2.48 bits per heavy atom. The predicted molar refractivity (Wildman–Crippen MR) is 102 cm³/mol. The number of anilines is 1. The first-order valence-electron chi connectivity index (χ1n) is 8.31. The molecular formula is C21H18BrNO2. The van der Waals surface area contributed by atoms with Crippen molar-refractivity contribution in [3.8, 4) is 0 Å². The average Bonchev–Trinajstić information content (AvgIpc) is 2.82. The Morgan fingerprint density at radius 2 is 1.76 bits per heavy atom. The molecule has 1 amide bonds. The van der Waals surface area contributed by atoms with Crippen LogP contribution < -0.4 is 4.90 Å². The van der Waals surface area contributed by atoms with Crippen LogP contribution in [0.1, 0.15) is 30.4 Å². The van der Waals surface area contributed by atoms with E-state index < -0.39 is 5.41 Å². The summed E-state index contributed by atoms with van der Waals surface area (Å²) >= 11 is 3.46. The first-order valence-corrected chi connectivity index (χ1v) is 9.10. The normalized spacial score (nSPS) is 25.3. The number of fused-ring (bicyclic) bond motifs is 2. The van der Waals surface area contributed by atoms with Gasteiger partial charge in [-0.1, -0.05) is 46.3 Å². The molecule has 2 aromatic rings. The van der Waals surface area contributed by atoms with Gasteiger partial charge in [-0.05, 0) is 47.9 Å². The van der Waals surface area contributed by atoms with Gasteiger partial charge in [-0.3, -0.25) is 9.59 Å². The van der Waals surface area contributed by atoms with Crippen molar-refractivity contribution in [1.82, 2.24) is 0 Å². The van der Waals surface area contributed by atoms with Crippen LogP contribution >= 0.6 is 15.9 Å². The molecule has 4 rings (SSSR count). The fourth-order valence-corrected chi connectivity index (χ4v) is 4.68. The molecule has 2 aromatic carbocycles. The van der Waals surface area contributed by atoms with Crippen LogP contribution in [0.2, 0.25) is 0 Å². The number of likely N-dealkylation sites (N-methyl/N-ethyl adjacent to an activating group) is 1. The molecular weight excluding hydrogens is 378 g/mol. The second kappa shape index (κ2) is 5.67. The third-order valence-corrected chi connectivity index (χ3v) is 6.06. The van der Waals surface area contributed by atoms with Crippen molar-refractivity contribution in [2.24, 2.45) is 0 Å². The van der Waals surface area contributed by atoms with Crippen molar-refractivity contribution in [1.29, 1.82) is 0 Å². The maximum Gasteiger partial charge on any atom is 0.242 e. The SMILES string of the molecule is CC1=CC(=O)C[C@H](c2ccc(Br)cc2)[C@]12C(=O)N(C)c1ccccc12. The number of benzene rings is 2. The number of hydrogen-bond donors (Lipinski definition) is 0. The van der Waals surface area contributed by atoms with E-state index >= 15 is 0 Å². The molecule has 0 N–H and O–H groups in total. The maximum absolute atomic E-state index is 13.5. The minimum absolute atomic E-state index is 0.0443. The van der Waals surface area contributed by atoms with Crippen molar-refractivity contribution in [3.05, 3.63) is 75.8 Å². The summed E-state index contributed by atoms with van der Waals surface area (Å²) in [6.45, 7) is 1.91. The van der Waals surface area contributed by atoms with E-state index in [-0.39, 0.29) is 17.6 Å². The molecule has 1 aliphatic carbocycles. The third kappa shape index (κ3) is 2.17. The van der Waals surface area contributed by atoms with E-state index in [9.17, 15) is 9.59 Å². The van der Waals surface area contributed by atoms with Crippen molar-refractivity contribution >= 4 is 33.3 Å². The summed E-state index contributed by atoms with van der Waals surface area (Å²) in [5.74, 6) is -0.0737. The van der Waals surface area contributed by atoms with Crippen molar-refractivity contribution in [2.45, 2.75) is 24.7 Å². The van der Waals surface area contributed by atoms with Crippen LogP contribution in [0.15, 0.2) is 64.7 Å². The molecule has 2 atom stereocenters. The van der Waals surface area contributed by atoms with Gasteiger partial charge in [0.2, 0.25) is 5.91 Å². The Labute approximate surface area is 155 Å². The standard InChI is InChI=1S/C21H18BrNO2/c1-13-11-16(24)12-18(14-7-9-15(22)10-8-14)21(13)17-5-3-4-6-19(17)23(2)20(21)25/h3-11,18H,12H2,1-2H3/t18-,21+/m1/s1. The number of rotatable bonds is 1. The molecule has 126 valence electrons. The molecule has 25 heavy (non-hydrogen) atoms. The Kier molecular flexibility index (Phi) is 3.69. The molecule has 0 unspecified atom stereocenters. The van der Waals surface area contributed by atoms with Gasteiger partial charge in [-0.25, -0.2) is 0 Å². The number of amides is 1. The predicted octanol–water partition coefficient (Wildman–Crippen LogP) is 4.37. The summed E-state index contributed by atoms with van der Waals surface area (Å²) < 4.78 is 0.981. The first kappa shape index (κ1) is 16.3. The molecule has 0 bridgehead atoms. The lowest BCUT2D eigenvalue weighted by Gasteiger charge is -2.40. The Balaban J connectivity index is 2.01. The van der Waals surface area contributed by atoms with Crippen molar-refractivity contribution < 1.29 is 9.59 Å². The van der Waals surface area contributed by atoms with E-state index in [0.717, 1.165) is 26.9 Å². The van der Waals surface area contributed by atoms with E-state index in [0.29, 0.717) is 6.42 Å². The molecule has 0 aromatic heterocycles.